The SMILES string of the molecule is CNC(=S)NCC(C)(C)SC. The van der Waals surface area contributed by atoms with Crippen LogP contribution in [0, 0.1) is 0 Å². The van der Waals surface area contributed by atoms with Crippen LogP contribution in [-0.2, 0) is 0 Å². The quantitative estimate of drug-likeness (QED) is 0.657. The summed E-state index contributed by atoms with van der Waals surface area (Å²) < 4.78 is 0.251. The molecule has 0 atom stereocenters. The van der Waals surface area contributed by atoms with Crippen molar-refractivity contribution in [2.75, 3.05) is 19.8 Å². The Balaban J connectivity index is 3.61. The Bertz CT molecular complexity index is 134. The topological polar surface area (TPSA) is 24.1 Å². The molecule has 0 rings (SSSR count). The van der Waals surface area contributed by atoms with Gasteiger partial charge in [-0.3, -0.25) is 0 Å². The van der Waals surface area contributed by atoms with E-state index in [-0.39, 0.29) is 4.75 Å². The van der Waals surface area contributed by atoms with Crippen molar-refractivity contribution in [1.82, 2.24) is 10.6 Å². The molecule has 0 aromatic rings. The van der Waals surface area contributed by atoms with E-state index in [9.17, 15) is 0 Å². The van der Waals surface area contributed by atoms with Crippen LogP contribution in [0.4, 0.5) is 0 Å². The van der Waals surface area contributed by atoms with Gasteiger partial charge < -0.3 is 10.6 Å². The van der Waals surface area contributed by atoms with Gasteiger partial charge in [-0.25, -0.2) is 0 Å². The number of hydrogen-bond acceptors (Lipinski definition) is 2. The third-order valence-corrected chi connectivity index (χ3v) is 3.05. The van der Waals surface area contributed by atoms with Crippen molar-refractivity contribution in [3.05, 3.63) is 0 Å². The van der Waals surface area contributed by atoms with Gasteiger partial charge in [0, 0.05) is 18.3 Å². The molecule has 0 bridgehead atoms. The molecule has 0 unspecified atom stereocenters. The van der Waals surface area contributed by atoms with Crippen molar-refractivity contribution in [2.24, 2.45) is 0 Å². The second kappa shape index (κ2) is 4.83. The van der Waals surface area contributed by atoms with Crippen LogP contribution in [-0.4, -0.2) is 29.7 Å². The Hall–Kier alpha value is 0.0400. The summed E-state index contributed by atoms with van der Waals surface area (Å²) in [5, 5.41) is 6.71. The van der Waals surface area contributed by atoms with E-state index in [4.69, 9.17) is 12.2 Å². The third-order valence-electron chi connectivity index (χ3n) is 1.45. The highest BCUT2D eigenvalue weighted by Crippen LogP contribution is 2.19. The first-order valence-electron chi connectivity index (χ1n) is 3.52. The molecule has 0 radical (unpaired) electrons. The fraction of sp³-hybridized carbons (Fsp3) is 0.857. The van der Waals surface area contributed by atoms with Gasteiger partial charge in [-0.05, 0) is 32.3 Å². The largest absolute Gasteiger partial charge is 0.366 e. The van der Waals surface area contributed by atoms with Crippen molar-refractivity contribution in [3.8, 4) is 0 Å². The molecule has 0 aliphatic heterocycles. The fourth-order valence-electron chi connectivity index (χ4n) is 0.454. The van der Waals surface area contributed by atoms with E-state index in [2.05, 4.69) is 30.7 Å². The monoisotopic (exact) mass is 192 g/mol. The molecule has 0 aliphatic rings. The average molecular weight is 192 g/mol. The van der Waals surface area contributed by atoms with Gasteiger partial charge >= 0.3 is 0 Å². The first kappa shape index (κ1) is 11.0. The Labute approximate surface area is 78.5 Å². The van der Waals surface area contributed by atoms with Gasteiger partial charge in [-0.2, -0.15) is 11.8 Å². The standard InChI is InChI=1S/C7H16N2S2/c1-7(2,11-4)5-9-6(10)8-3/h5H2,1-4H3,(H2,8,9,10). The number of thiocarbonyl (C=S) groups is 1. The number of nitrogens with one attached hydrogen (secondary N) is 2. The van der Waals surface area contributed by atoms with E-state index in [0.717, 1.165) is 6.54 Å². The second-order valence-corrected chi connectivity index (χ2v) is 4.82. The number of thioether (sulfide) groups is 1. The Morgan fingerprint density at radius 3 is 2.45 bits per heavy atom. The molecule has 0 saturated heterocycles. The second-order valence-electron chi connectivity index (χ2n) is 2.90. The van der Waals surface area contributed by atoms with Crippen LogP contribution in [0.25, 0.3) is 0 Å². The number of rotatable bonds is 3. The van der Waals surface area contributed by atoms with Gasteiger partial charge in [0.05, 0.1) is 0 Å². The maximum Gasteiger partial charge on any atom is 0.166 e. The van der Waals surface area contributed by atoms with E-state index >= 15 is 0 Å². The lowest BCUT2D eigenvalue weighted by atomic mass is 10.2. The zero-order valence-electron chi connectivity index (χ0n) is 7.52. The van der Waals surface area contributed by atoms with Crippen molar-refractivity contribution in [2.45, 2.75) is 18.6 Å². The first-order chi connectivity index (χ1) is 5.02. The summed E-state index contributed by atoms with van der Waals surface area (Å²) in [4.78, 5) is 0. The lowest BCUT2D eigenvalue weighted by Crippen LogP contribution is -2.40. The van der Waals surface area contributed by atoms with Crippen molar-refractivity contribution >= 4 is 29.1 Å². The van der Waals surface area contributed by atoms with E-state index in [1.165, 1.54) is 0 Å². The molecule has 0 aromatic carbocycles. The molecule has 4 heteroatoms. The fourth-order valence-corrected chi connectivity index (χ4v) is 0.742. The van der Waals surface area contributed by atoms with E-state index in [1.54, 1.807) is 0 Å². The molecule has 2 nitrogen and oxygen atoms in total. The molecular formula is C7H16N2S2. The van der Waals surface area contributed by atoms with Gasteiger partial charge in [-0.15, -0.1) is 0 Å². The summed E-state index contributed by atoms with van der Waals surface area (Å²) in [6.07, 6.45) is 2.10. The molecule has 0 spiro atoms. The molecule has 0 aliphatic carbocycles. The van der Waals surface area contributed by atoms with E-state index in [0.29, 0.717) is 5.11 Å². The summed E-state index contributed by atoms with van der Waals surface area (Å²) in [7, 11) is 1.82. The number of hydrogen-bond donors (Lipinski definition) is 2. The van der Waals surface area contributed by atoms with Crippen LogP contribution < -0.4 is 10.6 Å². The van der Waals surface area contributed by atoms with E-state index in [1.807, 2.05) is 18.8 Å². The van der Waals surface area contributed by atoms with Gasteiger partial charge in [0.2, 0.25) is 0 Å². The van der Waals surface area contributed by atoms with Crippen molar-refractivity contribution in [1.29, 1.82) is 0 Å². The molecule has 11 heavy (non-hydrogen) atoms. The maximum atomic E-state index is 4.94. The minimum atomic E-state index is 0.251. The van der Waals surface area contributed by atoms with Crippen LogP contribution in [0.5, 0.6) is 0 Å². The molecule has 0 saturated carbocycles. The highest BCUT2D eigenvalue weighted by molar-refractivity contribution is 7.99. The summed E-state index contributed by atoms with van der Waals surface area (Å²) >= 11 is 6.77. The van der Waals surface area contributed by atoms with Crippen LogP contribution in [0.3, 0.4) is 0 Å². The van der Waals surface area contributed by atoms with Crippen molar-refractivity contribution in [3.63, 3.8) is 0 Å². The minimum absolute atomic E-state index is 0.251. The Kier molecular flexibility index (Phi) is 4.84. The summed E-state index contributed by atoms with van der Waals surface area (Å²) in [5.74, 6) is 0. The minimum Gasteiger partial charge on any atom is -0.366 e. The predicted octanol–water partition coefficient (Wildman–Crippen LogP) is 1.22. The van der Waals surface area contributed by atoms with E-state index < -0.39 is 0 Å². The summed E-state index contributed by atoms with van der Waals surface area (Å²) in [6.45, 7) is 5.26. The zero-order valence-corrected chi connectivity index (χ0v) is 9.16. The molecular weight excluding hydrogens is 176 g/mol. The normalized spacial score (nSPS) is 10.9. The predicted molar refractivity (Wildman–Crippen MR) is 57.3 cm³/mol. The van der Waals surface area contributed by atoms with Gasteiger partial charge in [0.1, 0.15) is 0 Å². The Morgan fingerprint density at radius 1 is 1.55 bits per heavy atom. The highest BCUT2D eigenvalue weighted by Gasteiger charge is 2.15. The Morgan fingerprint density at radius 2 is 2.09 bits per heavy atom. The summed E-state index contributed by atoms with van der Waals surface area (Å²) in [5.41, 5.74) is 0. The molecule has 66 valence electrons. The van der Waals surface area contributed by atoms with Gasteiger partial charge in [0.25, 0.3) is 0 Å². The average Bonchev–Trinajstić information content (AvgIpc) is 2.00. The van der Waals surface area contributed by atoms with Crippen LogP contribution in [0.15, 0.2) is 0 Å². The summed E-state index contributed by atoms with van der Waals surface area (Å²) in [6, 6.07) is 0. The maximum absolute atomic E-state index is 4.94. The van der Waals surface area contributed by atoms with Crippen molar-refractivity contribution < 1.29 is 0 Å². The van der Waals surface area contributed by atoms with Crippen LogP contribution >= 0.6 is 24.0 Å². The molecule has 0 heterocycles. The molecule has 0 aromatic heterocycles. The lowest BCUT2D eigenvalue weighted by Gasteiger charge is -2.22. The van der Waals surface area contributed by atoms with Crippen LogP contribution in [0.1, 0.15) is 13.8 Å². The first-order valence-corrected chi connectivity index (χ1v) is 5.16. The zero-order chi connectivity index (χ0) is 8.91. The van der Waals surface area contributed by atoms with Crippen LogP contribution in [0.2, 0.25) is 0 Å². The molecule has 2 N–H and O–H groups in total. The third kappa shape index (κ3) is 5.32. The lowest BCUT2D eigenvalue weighted by molar-refractivity contribution is 0.676. The highest BCUT2D eigenvalue weighted by atomic mass is 32.2. The smallest absolute Gasteiger partial charge is 0.166 e. The van der Waals surface area contributed by atoms with Gasteiger partial charge in [0.15, 0.2) is 5.11 Å². The van der Waals surface area contributed by atoms with Gasteiger partial charge in [-0.1, -0.05) is 0 Å². The molecule has 0 amide bonds. The molecule has 0 fully saturated rings.